The molecule has 8 nitrogen and oxygen atoms in total. The number of anilines is 1. The van der Waals surface area contributed by atoms with E-state index in [0.29, 0.717) is 44.2 Å². The summed E-state index contributed by atoms with van der Waals surface area (Å²) in [5, 5.41) is 11.1. The van der Waals surface area contributed by atoms with Crippen molar-refractivity contribution in [2.24, 2.45) is 5.92 Å². The predicted octanol–water partition coefficient (Wildman–Crippen LogP) is 2.62. The Morgan fingerprint density at radius 3 is 2.36 bits per heavy atom. The van der Waals surface area contributed by atoms with Gasteiger partial charge in [-0.3, -0.25) is 14.9 Å². The highest BCUT2D eigenvalue weighted by molar-refractivity contribution is 7.90. The van der Waals surface area contributed by atoms with Gasteiger partial charge in [0.25, 0.3) is 5.69 Å². The van der Waals surface area contributed by atoms with Gasteiger partial charge in [-0.15, -0.1) is 0 Å². The summed E-state index contributed by atoms with van der Waals surface area (Å²) < 4.78 is 23.9. The molecule has 0 aromatic heterocycles. The first kappa shape index (κ1) is 20.6. The standard InChI is InChI=1S/C19H27N3O5S/c1-28(26,27)18-14-16(7-8-17(18)22(24)25)20-9-11-21(12-10-20)19(23)13-15-5-3-2-4-6-15/h7-8,14-15H,2-6,9-13H2,1H3. The second-order valence-electron chi connectivity index (χ2n) is 7.76. The third-order valence-electron chi connectivity index (χ3n) is 5.73. The molecular weight excluding hydrogens is 382 g/mol. The summed E-state index contributed by atoms with van der Waals surface area (Å²) in [5.74, 6) is 0.707. The Hall–Kier alpha value is -2.16. The fourth-order valence-electron chi connectivity index (χ4n) is 4.13. The Kier molecular flexibility index (Phi) is 6.22. The van der Waals surface area contributed by atoms with Crippen LogP contribution < -0.4 is 4.90 Å². The molecule has 0 radical (unpaired) electrons. The van der Waals surface area contributed by atoms with Crippen LogP contribution in [0.15, 0.2) is 23.1 Å². The minimum Gasteiger partial charge on any atom is -0.368 e. The first-order valence-corrected chi connectivity index (χ1v) is 11.7. The van der Waals surface area contributed by atoms with Crippen molar-refractivity contribution in [2.45, 2.75) is 43.4 Å². The molecule has 0 N–H and O–H groups in total. The van der Waals surface area contributed by atoms with Gasteiger partial charge in [0.2, 0.25) is 5.91 Å². The number of sulfone groups is 1. The third-order valence-corrected chi connectivity index (χ3v) is 6.85. The molecule has 0 bridgehead atoms. The van der Waals surface area contributed by atoms with E-state index in [9.17, 15) is 23.3 Å². The zero-order valence-corrected chi connectivity index (χ0v) is 17.0. The number of benzene rings is 1. The number of rotatable bonds is 5. The zero-order chi connectivity index (χ0) is 20.3. The van der Waals surface area contributed by atoms with Crippen LogP contribution in [0.4, 0.5) is 11.4 Å². The van der Waals surface area contributed by atoms with Gasteiger partial charge in [-0.25, -0.2) is 8.42 Å². The monoisotopic (exact) mass is 409 g/mol. The maximum atomic E-state index is 12.6. The molecule has 0 atom stereocenters. The molecule has 1 heterocycles. The van der Waals surface area contributed by atoms with Crippen LogP contribution in [0.3, 0.4) is 0 Å². The fraction of sp³-hybridized carbons (Fsp3) is 0.632. The molecule has 9 heteroatoms. The highest BCUT2D eigenvalue weighted by Gasteiger charge is 2.27. The summed E-state index contributed by atoms with van der Waals surface area (Å²) >= 11 is 0. The normalized spacial score (nSPS) is 18.9. The van der Waals surface area contributed by atoms with Crippen LogP contribution >= 0.6 is 0 Å². The molecule has 28 heavy (non-hydrogen) atoms. The molecule has 1 amide bonds. The summed E-state index contributed by atoms with van der Waals surface area (Å²) in [6, 6.07) is 4.19. The number of hydrogen-bond donors (Lipinski definition) is 0. The van der Waals surface area contributed by atoms with E-state index in [1.807, 2.05) is 9.80 Å². The number of nitro benzene ring substituents is 1. The highest BCUT2D eigenvalue weighted by Crippen LogP contribution is 2.30. The van der Waals surface area contributed by atoms with Crippen molar-refractivity contribution in [1.82, 2.24) is 4.90 Å². The first-order chi connectivity index (χ1) is 13.3. The van der Waals surface area contributed by atoms with E-state index in [2.05, 4.69) is 0 Å². The lowest BCUT2D eigenvalue weighted by molar-refractivity contribution is -0.387. The van der Waals surface area contributed by atoms with Crippen molar-refractivity contribution in [2.75, 3.05) is 37.3 Å². The van der Waals surface area contributed by atoms with Crippen LogP contribution in [0.2, 0.25) is 0 Å². The van der Waals surface area contributed by atoms with Crippen LogP contribution in [0.5, 0.6) is 0 Å². The summed E-state index contributed by atoms with van der Waals surface area (Å²) in [5.41, 5.74) is 0.220. The van der Waals surface area contributed by atoms with Gasteiger partial charge >= 0.3 is 0 Å². The summed E-state index contributed by atoms with van der Waals surface area (Å²) in [6.07, 6.45) is 7.58. The molecule has 3 rings (SSSR count). The van der Waals surface area contributed by atoms with Crippen molar-refractivity contribution >= 4 is 27.1 Å². The van der Waals surface area contributed by atoms with E-state index in [4.69, 9.17) is 0 Å². The number of hydrogen-bond acceptors (Lipinski definition) is 6. The van der Waals surface area contributed by atoms with Crippen molar-refractivity contribution < 1.29 is 18.1 Å². The van der Waals surface area contributed by atoms with E-state index in [1.165, 1.54) is 31.4 Å². The summed E-state index contributed by atoms with van der Waals surface area (Å²) in [4.78, 5) is 26.6. The second-order valence-corrected chi connectivity index (χ2v) is 9.74. The Morgan fingerprint density at radius 2 is 1.79 bits per heavy atom. The number of nitrogens with zero attached hydrogens (tertiary/aromatic N) is 3. The maximum Gasteiger partial charge on any atom is 0.288 e. The lowest BCUT2D eigenvalue weighted by Gasteiger charge is -2.37. The number of carbonyl (C=O) groups excluding carboxylic acids is 1. The number of amides is 1. The lowest BCUT2D eigenvalue weighted by atomic mass is 9.86. The van der Waals surface area contributed by atoms with Crippen LogP contribution in [-0.4, -0.2) is 56.6 Å². The van der Waals surface area contributed by atoms with Gasteiger partial charge in [0.1, 0.15) is 4.90 Å². The molecular formula is C19H27N3O5S. The van der Waals surface area contributed by atoms with E-state index in [-0.39, 0.29) is 10.8 Å². The van der Waals surface area contributed by atoms with E-state index >= 15 is 0 Å². The highest BCUT2D eigenvalue weighted by atomic mass is 32.2. The molecule has 1 saturated carbocycles. The van der Waals surface area contributed by atoms with Crippen LogP contribution in [0, 0.1) is 16.0 Å². The second kappa shape index (κ2) is 8.46. The minimum atomic E-state index is -3.71. The molecule has 0 unspecified atom stereocenters. The Bertz CT molecular complexity index is 841. The van der Waals surface area contributed by atoms with Gasteiger partial charge in [0.15, 0.2) is 9.84 Å². The smallest absolute Gasteiger partial charge is 0.288 e. The van der Waals surface area contributed by atoms with Crippen molar-refractivity contribution in [3.05, 3.63) is 28.3 Å². The van der Waals surface area contributed by atoms with Crippen molar-refractivity contribution in [3.8, 4) is 0 Å². The van der Waals surface area contributed by atoms with Gasteiger partial charge in [-0.2, -0.15) is 0 Å². The van der Waals surface area contributed by atoms with Crippen molar-refractivity contribution in [3.63, 3.8) is 0 Å². The first-order valence-electron chi connectivity index (χ1n) is 9.77. The maximum absolute atomic E-state index is 12.6. The number of carbonyl (C=O) groups is 1. The van der Waals surface area contributed by atoms with Gasteiger partial charge in [-0.05, 0) is 30.9 Å². The average molecular weight is 410 g/mol. The Morgan fingerprint density at radius 1 is 1.14 bits per heavy atom. The molecule has 0 spiro atoms. The SMILES string of the molecule is CS(=O)(=O)c1cc(N2CCN(C(=O)CC3CCCCC3)CC2)ccc1[N+](=O)[O-]. The van der Waals surface area contributed by atoms with E-state index < -0.39 is 20.4 Å². The Balaban J connectivity index is 1.64. The minimum absolute atomic E-state index is 0.201. The van der Waals surface area contributed by atoms with Gasteiger partial charge in [0.05, 0.1) is 4.92 Å². The number of nitro groups is 1. The van der Waals surface area contributed by atoms with Crippen molar-refractivity contribution in [1.29, 1.82) is 0 Å². The lowest BCUT2D eigenvalue weighted by Crippen LogP contribution is -2.49. The summed E-state index contributed by atoms with van der Waals surface area (Å²) in [7, 11) is -3.71. The third kappa shape index (κ3) is 4.81. The van der Waals surface area contributed by atoms with E-state index in [1.54, 1.807) is 6.07 Å². The van der Waals surface area contributed by atoms with Crippen LogP contribution in [-0.2, 0) is 14.6 Å². The molecule has 1 aromatic carbocycles. The molecule has 2 aliphatic rings. The van der Waals surface area contributed by atoms with Crippen LogP contribution in [0.25, 0.3) is 0 Å². The molecule has 1 saturated heterocycles. The topological polar surface area (TPSA) is 101 Å². The predicted molar refractivity (Wildman–Crippen MR) is 106 cm³/mol. The van der Waals surface area contributed by atoms with Gasteiger partial charge < -0.3 is 9.80 Å². The quantitative estimate of drug-likeness (QED) is 0.547. The molecule has 2 fully saturated rings. The Labute approximate surface area is 165 Å². The van der Waals surface area contributed by atoms with E-state index in [0.717, 1.165) is 19.1 Å². The molecule has 1 aromatic rings. The molecule has 1 aliphatic heterocycles. The summed E-state index contributed by atoms with van der Waals surface area (Å²) in [6.45, 7) is 2.32. The average Bonchev–Trinajstić information content (AvgIpc) is 2.67. The molecule has 1 aliphatic carbocycles. The van der Waals surface area contributed by atoms with Crippen LogP contribution in [0.1, 0.15) is 38.5 Å². The fourth-order valence-corrected chi connectivity index (χ4v) is 4.99. The largest absolute Gasteiger partial charge is 0.368 e. The van der Waals surface area contributed by atoms with Gasteiger partial charge in [0, 0.05) is 50.6 Å². The zero-order valence-electron chi connectivity index (χ0n) is 16.2. The van der Waals surface area contributed by atoms with Gasteiger partial charge in [-0.1, -0.05) is 19.3 Å². The molecule has 154 valence electrons. The number of piperazine rings is 1.